The molecule has 7 nitrogen and oxygen atoms in total. The highest BCUT2D eigenvalue weighted by Gasteiger charge is 2.43. The summed E-state index contributed by atoms with van der Waals surface area (Å²) in [4.78, 5) is 48.0. The minimum Gasteiger partial charge on any atom is -0.469 e. The lowest BCUT2D eigenvalue weighted by Gasteiger charge is -2.20. The van der Waals surface area contributed by atoms with E-state index in [1.165, 1.54) is 0 Å². The molecule has 0 fully saturated rings. The zero-order valence-corrected chi connectivity index (χ0v) is 13.1. The molecule has 23 heavy (non-hydrogen) atoms. The standard InChI is InChI=1S/C16H18O7/c1-21-14(18)11(13(15(19)22-2)16(20)23-3)9-12(17)10-7-5-4-6-8-10/h4-8,11,13H,9H2,1-3H3. The second-order valence-corrected chi connectivity index (χ2v) is 4.65. The lowest BCUT2D eigenvalue weighted by atomic mass is 9.86. The number of rotatable bonds is 7. The molecular formula is C16H18O7. The Bertz CT molecular complexity index is 563. The molecule has 0 bridgehead atoms. The molecule has 0 heterocycles. The first-order chi connectivity index (χ1) is 11.0. The number of ketones is 1. The Morgan fingerprint density at radius 3 is 1.74 bits per heavy atom. The third-order valence-electron chi connectivity index (χ3n) is 3.32. The minimum atomic E-state index is -1.56. The Balaban J connectivity index is 3.11. The molecule has 1 atom stereocenters. The van der Waals surface area contributed by atoms with Crippen molar-refractivity contribution in [3.05, 3.63) is 35.9 Å². The number of benzene rings is 1. The molecule has 7 heteroatoms. The van der Waals surface area contributed by atoms with Gasteiger partial charge in [-0.15, -0.1) is 0 Å². The molecule has 1 rings (SSSR count). The number of ether oxygens (including phenoxy) is 3. The van der Waals surface area contributed by atoms with Crippen LogP contribution < -0.4 is 0 Å². The molecule has 0 amide bonds. The average molecular weight is 322 g/mol. The normalized spacial score (nSPS) is 11.5. The Hall–Kier alpha value is -2.70. The number of carbonyl (C=O) groups is 4. The van der Waals surface area contributed by atoms with E-state index in [2.05, 4.69) is 14.2 Å². The van der Waals surface area contributed by atoms with Crippen LogP contribution in [0.15, 0.2) is 30.3 Å². The third-order valence-corrected chi connectivity index (χ3v) is 3.32. The van der Waals surface area contributed by atoms with Gasteiger partial charge in [0.25, 0.3) is 0 Å². The zero-order valence-electron chi connectivity index (χ0n) is 13.1. The monoisotopic (exact) mass is 322 g/mol. The van der Waals surface area contributed by atoms with Crippen molar-refractivity contribution in [3.8, 4) is 0 Å². The van der Waals surface area contributed by atoms with Gasteiger partial charge in [-0.2, -0.15) is 0 Å². The van der Waals surface area contributed by atoms with Crippen molar-refractivity contribution < 1.29 is 33.4 Å². The summed E-state index contributed by atoms with van der Waals surface area (Å²) in [5, 5.41) is 0. The average Bonchev–Trinajstić information content (AvgIpc) is 2.60. The van der Waals surface area contributed by atoms with Crippen LogP contribution in [0, 0.1) is 11.8 Å². The molecule has 0 N–H and O–H groups in total. The summed E-state index contributed by atoms with van der Waals surface area (Å²) in [5.74, 6) is -6.09. The number of hydrogen-bond donors (Lipinski definition) is 0. The Morgan fingerprint density at radius 2 is 1.30 bits per heavy atom. The maximum atomic E-state index is 12.3. The molecule has 1 aromatic rings. The summed E-state index contributed by atoms with van der Waals surface area (Å²) in [6.07, 6.45) is -0.383. The van der Waals surface area contributed by atoms with Gasteiger partial charge in [0.15, 0.2) is 11.7 Å². The summed E-state index contributed by atoms with van der Waals surface area (Å²) in [6, 6.07) is 8.21. The molecule has 0 spiro atoms. The molecule has 0 aliphatic rings. The highest BCUT2D eigenvalue weighted by atomic mass is 16.5. The molecule has 1 aromatic carbocycles. The lowest BCUT2D eigenvalue weighted by molar-refractivity contribution is -0.168. The van der Waals surface area contributed by atoms with Crippen molar-refractivity contribution >= 4 is 23.7 Å². The van der Waals surface area contributed by atoms with Gasteiger partial charge in [-0.05, 0) is 0 Å². The van der Waals surface area contributed by atoms with E-state index in [0.717, 1.165) is 21.3 Å². The van der Waals surface area contributed by atoms with Gasteiger partial charge in [0.2, 0.25) is 0 Å². The van der Waals surface area contributed by atoms with Gasteiger partial charge in [-0.1, -0.05) is 30.3 Å². The molecule has 0 saturated carbocycles. The molecule has 124 valence electrons. The number of esters is 3. The highest BCUT2D eigenvalue weighted by Crippen LogP contribution is 2.23. The zero-order chi connectivity index (χ0) is 17.4. The van der Waals surface area contributed by atoms with Gasteiger partial charge < -0.3 is 14.2 Å². The van der Waals surface area contributed by atoms with E-state index in [-0.39, 0.29) is 6.42 Å². The lowest BCUT2D eigenvalue weighted by Crippen LogP contribution is -2.39. The van der Waals surface area contributed by atoms with Crippen molar-refractivity contribution in [2.45, 2.75) is 6.42 Å². The molecule has 1 unspecified atom stereocenters. The SMILES string of the molecule is COC(=O)C(CC(=O)c1ccccc1)C(C(=O)OC)C(=O)OC. The molecule has 0 radical (unpaired) electrons. The fraction of sp³-hybridized carbons (Fsp3) is 0.375. The summed E-state index contributed by atoms with van der Waals surface area (Å²) in [7, 11) is 3.26. The van der Waals surface area contributed by atoms with Gasteiger partial charge in [0.05, 0.1) is 27.2 Å². The first-order valence-electron chi connectivity index (χ1n) is 6.78. The summed E-state index contributed by atoms with van der Waals surface area (Å²) in [5.41, 5.74) is 0.356. The number of methoxy groups -OCH3 is 3. The topological polar surface area (TPSA) is 96.0 Å². The van der Waals surface area contributed by atoms with Gasteiger partial charge in [0.1, 0.15) is 0 Å². The quantitative estimate of drug-likeness (QED) is 0.320. The highest BCUT2D eigenvalue weighted by molar-refractivity contribution is 6.03. The maximum absolute atomic E-state index is 12.3. The summed E-state index contributed by atoms with van der Waals surface area (Å²) >= 11 is 0. The predicted octanol–water partition coefficient (Wildman–Crippen LogP) is 1.01. The van der Waals surface area contributed by atoms with Crippen LogP contribution in [-0.2, 0) is 28.6 Å². The van der Waals surface area contributed by atoms with Crippen LogP contribution in [0.5, 0.6) is 0 Å². The van der Waals surface area contributed by atoms with E-state index in [1.807, 2.05) is 0 Å². The van der Waals surface area contributed by atoms with Crippen molar-refractivity contribution in [1.29, 1.82) is 0 Å². The summed E-state index contributed by atoms with van der Waals surface area (Å²) in [6.45, 7) is 0. The smallest absolute Gasteiger partial charge is 0.320 e. The Kier molecular flexibility index (Phi) is 6.92. The first kappa shape index (κ1) is 18.3. The van der Waals surface area contributed by atoms with Gasteiger partial charge in [-0.3, -0.25) is 19.2 Å². The van der Waals surface area contributed by atoms with Crippen LogP contribution >= 0.6 is 0 Å². The van der Waals surface area contributed by atoms with E-state index in [4.69, 9.17) is 0 Å². The number of Topliss-reactive ketones (excluding diaryl/α,β-unsaturated/α-hetero) is 1. The first-order valence-corrected chi connectivity index (χ1v) is 6.78. The molecule has 0 aromatic heterocycles. The van der Waals surface area contributed by atoms with E-state index >= 15 is 0 Å². The minimum absolute atomic E-state index is 0.356. The van der Waals surface area contributed by atoms with Crippen molar-refractivity contribution in [2.24, 2.45) is 11.8 Å². The fourth-order valence-electron chi connectivity index (χ4n) is 2.11. The van der Waals surface area contributed by atoms with Crippen LogP contribution in [0.4, 0.5) is 0 Å². The molecule has 0 aliphatic carbocycles. The molecule has 0 saturated heterocycles. The van der Waals surface area contributed by atoms with Gasteiger partial charge in [-0.25, -0.2) is 0 Å². The van der Waals surface area contributed by atoms with Crippen molar-refractivity contribution in [1.82, 2.24) is 0 Å². The van der Waals surface area contributed by atoms with E-state index < -0.39 is 35.5 Å². The van der Waals surface area contributed by atoms with E-state index in [9.17, 15) is 19.2 Å². The van der Waals surface area contributed by atoms with Gasteiger partial charge in [0, 0.05) is 12.0 Å². The third kappa shape index (κ3) is 4.64. The second kappa shape index (κ2) is 8.67. The summed E-state index contributed by atoms with van der Waals surface area (Å²) < 4.78 is 13.7. The number of carbonyl (C=O) groups excluding carboxylic acids is 4. The van der Waals surface area contributed by atoms with Crippen LogP contribution in [0.25, 0.3) is 0 Å². The van der Waals surface area contributed by atoms with Crippen LogP contribution in [0.3, 0.4) is 0 Å². The number of hydrogen-bond acceptors (Lipinski definition) is 7. The molecular weight excluding hydrogens is 304 g/mol. The fourth-order valence-corrected chi connectivity index (χ4v) is 2.11. The van der Waals surface area contributed by atoms with Crippen LogP contribution in [-0.4, -0.2) is 45.0 Å². The second-order valence-electron chi connectivity index (χ2n) is 4.65. The van der Waals surface area contributed by atoms with E-state index in [0.29, 0.717) is 5.56 Å². The predicted molar refractivity (Wildman–Crippen MR) is 78.4 cm³/mol. The van der Waals surface area contributed by atoms with Crippen molar-refractivity contribution in [2.75, 3.05) is 21.3 Å². The molecule has 0 aliphatic heterocycles. The Labute approximate surface area is 133 Å². The van der Waals surface area contributed by atoms with Crippen molar-refractivity contribution in [3.63, 3.8) is 0 Å². The van der Waals surface area contributed by atoms with Crippen LogP contribution in [0.1, 0.15) is 16.8 Å². The van der Waals surface area contributed by atoms with E-state index in [1.54, 1.807) is 30.3 Å². The van der Waals surface area contributed by atoms with Crippen LogP contribution in [0.2, 0.25) is 0 Å². The maximum Gasteiger partial charge on any atom is 0.320 e. The largest absolute Gasteiger partial charge is 0.469 e. The Morgan fingerprint density at radius 1 is 0.826 bits per heavy atom. The van der Waals surface area contributed by atoms with Gasteiger partial charge >= 0.3 is 17.9 Å².